The molecule has 0 aromatic heterocycles. The second kappa shape index (κ2) is 5.66. The minimum atomic E-state index is 1.08. The summed E-state index contributed by atoms with van der Waals surface area (Å²) in [6.45, 7) is 6.87. The Hall–Kier alpha value is -0.160. The lowest BCUT2D eigenvalue weighted by Gasteiger charge is -2.25. The van der Waals surface area contributed by atoms with Crippen LogP contribution >= 0.6 is 0 Å². The molecule has 1 aliphatic heterocycles. The van der Waals surface area contributed by atoms with Gasteiger partial charge in [0.05, 0.1) is 13.3 Å². The molecule has 0 spiro atoms. The van der Waals surface area contributed by atoms with E-state index in [2.05, 4.69) is 47.8 Å². The Morgan fingerprint density at radius 3 is 2.36 bits per heavy atom. The second-order valence-electron chi connectivity index (χ2n) is 4.64. The molecular formula is C10H24N4. The quantitative estimate of drug-likeness (QED) is 0.617. The molecule has 0 aromatic rings. The van der Waals surface area contributed by atoms with Crippen molar-refractivity contribution in [3.05, 3.63) is 0 Å². The number of nitrogens with zero attached hydrogens (tertiary/aromatic N) is 4. The van der Waals surface area contributed by atoms with E-state index in [1.54, 1.807) is 0 Å². The molecule has 0 bridgehead atoms. The normalized spacial score (nSPS) is 22.9. The minimum Gasteiger partial charge on any atom is -0.308 e. The van der Waals surface area contributed by atoms with Crippen LogP contribution in [0.25, 0.3) is 0 Å². The lowest BCUT2D eigenvalue weighted by Crippen LogP contribution is -2.38. The minimum absolute atomic E-state index is 1.08. The molecule has 1 aliphatic rings. The van der Waals surface area contributed by atoms with E-state index in [1.165, 1.54) is 19.6 Å². The van der Waals surface area contributed by atoms with Gasteiger partial charge in [-0.2, -0.15) is 0 Å². The van der Waals surface area contributed by atoms with E-state index in [-0.39, 0.29) is 0 Å². The molecule has 0 saturated carbocycles. The number of hydrogen-bond donors (Lipinski definition) is 0. The maximum absolute atomic E-state index is 2.52. The van der Waals surface area contributed by atoms with Crippen molar-refractivity contribution in [3.8, 4) is 0 Å². The van der Waals surface area contributed by atoms with Crippen molar-refractivity contribution in [1.82, 2.24) is 19.6 Å². The molecular weight excluding hydrogens is 176 g/mol. The SMILES string of the molecule is CN(C)CCN1CCN(C)CN(C)C1. The van der Waals surface area contributed by atoms with E-state index in [0.717, 1.165) is 19.9 Å². The molecule has 1 heterocycles. The van der Waals surface area contributed by atoms with E-state index >= 15 is 0 Å². The summed E-state index contributed by atoms with van der Waals surface area (Å²) in [5, 5.41) is 0. The topological polar surface area (TPSA) is 13.0 Å². The Morgan fingerprint density at radius 2 is 1.71 bits per heavy atom. The van der Waals surface area contributed by atoms with Crippen LogP contribution in [-0.4, -0.2) is 87.3 Å². The van der Waals surface area contributed by atoms with Gasteiger partial charge in [-0.25, -0.2) is 0 Å². The van der Waals surface area contributed by atoms with Crippen LogP contribution in [0.3, 0.4) is 0 Å². The van der Waals surface area contributed by atoms with Gasteiger partial charge in [-0.1, -0.05) is 0 Å². The van der Waals surface area contributed by atoms with Crippen molar-refractivity contribution < 1.29 is 0 Å². The summed E-state index contributed by atoms with van der Waals surface area (Å²) < 4.78 is 0. The maximum atomic E-state index is 2.52. The van der Waals surface area contributed by atoms with Gasteiger partial charge in [-0.05, 0) is 28.2 Å². The summed E-state index contributed by atoms with van der Waals surface area (Å²) in [5.74, 6) is 0. The molecule has 0 aliphatic carbocycles. The highest BCUT2D eigenvalue weighted by Crippen LogP contribution is 2.00. The van der Waals surface area contributed by atoms with Crippen LogP contribution < -0.4 is 0 Å². The zero-order valence-electron chi connectivity index (χ0n) is 10.0. The van der Waals surface area contributed by atoms with Gasteiger partial charge in [-0.3, -0.25) is 14.7 Å². The third-order valence-corrected chi connectivity index (χ3v) is 2.59. The van der Waals surface area contributed by atoms with Crippen LogP contribution in [0.1, 0.15) is 0 Å². The van der Waals surface area contributed by atoms with Gasteiger partial charge in [0.25, 0.3) is 0 Å². The fourth-order valence-electron chi connectivity index (χ4n) is 1.78. The first kappa shape index (κ1) is 11.9. The highest BCUT2D eigenvalue weighted by molar-refractivity contribution is 4.66. The number of likely N-dealkylation sites (N-methyl/N-ethyl adjacent to an activating group) is 2. The van der Waals surface area contributed by atoms with Crippen molar-refractivity contribution in [2.24, 2.45) is 0 Å². The van der Waals surface area contributed by atoms with Crippen LogP contribution in [0.5, 0.6) is 0 Å². The van der Waals surface area contributed by atoms with Gasteiger partial charge < -0.3 is 4.90 Å². The fourth-order valence-corrected chi connectivity index (χ4v) is 1.78. The first-order valence-electron chi connectivity index (χ1n) is 5.32. The van der Waals surface area contributed by atoms with Crippen molar-refractivity contribution >= 4 is 0 Å². The van der Waals surface area contributed by atoms with E-state index in [4.69, 9.17) is 0 Å². The molecule has 84 valence electrons. The highest BCUT2D eigenvalue weighted by atomic mass is 15.4. The van der Waals surface area contributed by atoms with E-state index < -0.39 is 0 Å². The van der Waals surface area contributed by atoms with Crippen molar-refractivity contribution in [2.45, 2.75) is 0 Å². The molecule has 14 heavy (non-hydrogen) atoms. The van der Waals surface area contributed by atoms with Crippen molar-refractivity contribution in [3.63, 3.8) is 0 Å². The molecule has 0 atom stereocenters. The Balaban J connectivity index is 2.30. The van der Waals surface area contributed by atoms with Gasteiger partial charge in [-0.15, -0.1) is 0 Å². The third-order valence-electron chi connectivity index (χ3n) is 2.59. The predicted octanol–water partition coefficient (Wildman–Crippen LogP) is -0.358. The maximum Gasteiger partial charge on any atom is 0.0516 e. The second-order valence-corrected chi connectivity index (χ2v) is 4.64. The lowest BCUT2D eigenvalue weighted by molar-refractivity contribution is 0.154. The molecule has 0 amide bonds. The molecule has 0 unspecified atom stereocenters. The highest BCUT2D eigenvalue weighted by Gasteiger charge is 2.14. The summed E-state index contributed by atoms with van der Waals surface area (Å²) in [5.41, 5.74) is 0. The summed E-state index contributed by atoms with van der Waals surface area (Å²) in [7, 11) is 8.64. The molecule has 0 N–H and O–H groups in total. The first-order chi connectivity index (χ1) is 6.58. The summed E-state index contributed by atoms with van der Waals surface area (Å²) >= 11 is 0. The van der Waals surface area contributed by atoms with Crippen molar-refractivity contribution in [1.29, 1.82) is 0 Å². The molecule has 0 radical (unpaired) electrons. The van der Waals surface area contributed by atoms with Crippen LogP contribution in [0.4, 0.5) is 0 Å². The van der Waals surface area contributed by atoms with Crippen LogP contribution in [0.2, 0.25) is 0 Å². The van der Waals surface area contributed by atoms with Gasteiger partial charge in [0, 0.05) is 26.2 Å². The zero-order chi connectivity index (χ0) is 10.6. The lowest BCUT2D eigenvalue weighted by atomic mass is 10.4. The molecule has 4 nitrogen and oxygen atoms in total. The summed E-state index contributed by atoms with van der Waals surface area (Å²) in [6, 6.07) is 0. The van der Waals surface area contributed by atoms with Crippen molar-refractivity contribution in [2.75, 3.05) is 67.7 Å². The third kappa shape index (κ3) is 4.37. The average Bonchev–Trinajstić information content (AvgIpc) is 2.23. The first-order valence-corrected chi connectivity index (χ1v) is 5.32. The Morgan fingerprint density at radius 1 is 1.00 bits per heavy atom. The van der Waals surface area contributed by atoms with E-state index in [0.29, 0.717) is 0 Å². The monoisotopic (exact) mass is 200 g/mol. The van der Waals surface area contributed by atoms with E-state index in [1.807, 2.05) is 0 Å². The Bertz CT molecular complexity index is 160. The van der Waals surface area contributed by atoms with Crippen LogP contribution in [0.15, 0.2) is 0 Å². The largest absolute Gasteiger partial charge is 0.308 e. The molecule has 1 fully saturated rings. The zero-order valence-corrected chi connectivity index (χ0v) is 10.0. The van der Waals surface area contributed by atoms with Crippen LogP contribution in [-0.2, 0) is 0 Å². The number of rotatable bonds is 3. The van der Waals surface area contributed by atoms with Gasteiger partial charge >= 0.3 is 0 Å². The average molecular weight is 200 g/mol. The fraction of sp³-hybridized carbons (Fsp3) is 1.00. The predicted molar refractivity (Wildman–Crippen MR) is 60.3 cm³/mol. The number of hydrogen-bond acceptors (Lipinski definition) is 4. The summed E-state index contributed by atoms with van der Waals surface area (Å²) in [6.07, 6.45) is 0. The molecule has 0 aromatic carbocycles. The molecule has 1 rings (SSSR count). The standard InChI is InChI=1S/C10H24N4/c1-11(2)5-7-14-8-6-12(3)9-13(4)10-14/h5-10H2,1-4H3. The molecule has 1 saturated heterocycles. The van der Waals surface area contributed by atoms with Gasteiger partial charge in [0.1, 0.15) is 0 Å². The van der Waals surface area contributed by atoms with Gasteiger partial charge in [0.15, 0.2) is 0 Å². The molecule has 4 heteroatoms. The van der Waals surface area contributed by atoms with Gasteiger partial charge in [0.2, 0.25) is 0 Å². The summed E-state index contributed by atoms with van der Waals surface area (Å²) in [4.78, 5) is 9.50. The Labute approximate surface area is 88.1 Å². The smallest absolute Gasteiger partial charge is 0.0516 e. The Kier molecular flexibility index (Phi) is 4.81. The van der Waals surface area contributed by atoms with E-state index in [9.17, 15) is 0 Å². The van der Waals surface area contributed by atoms with Crippen LogP contribution in [0, 0.1) is 0 Å².